The van der Waals surface area contributed by atoms with Crippen LogP contribution in [0.4, 0.5) is 5.82 Å². The summed E-state index contributed by atoms with van der Waals surface area (Å²) in [5.41, 5.74) is 4.08. The molecule has 30 heavy (non-hydrogen) atoms. The molecule has 2 aromatic heterocycles. The Balaban J connectivity index is 1.63. The average Bonchev–Trinajstić information content (AvgIpc) is 3.25. The maximum atomic E-state index is 6.11. The zero-order valence-corrected chi connectivity index (χ0v) is 16.5. The first-order valence-electron chi connectivity index (χ1n) is 9.89. The van der Waals surface area contributed by atoms with Crippen molar-refractivity contribution in [3.63, 3.8) is 0 Å². The number of hydrogen-bond acceptors (Lipinski definition) is 5. The van der Waals surface area contributed by atoms with Gasteiger partial charge in [0.05, 0.1) is 6.04 Å². The van der Waals surface area contributed by atoms with Gasteiger partial charge in [0.2, 0.25) is 17.1 Å². The third kappa shape index (κ3) is 3.53. The summed E-state index contributed by atoms with van der Waals surface area (Å²) < 4.78 is 6.11. The molecule has 0 aliphatic rings. The largest absolute Gasteiger partial charge is 0.430 e. The Labute approximate surface area is 174 Å². The molecule has 3 aromatic carbocycles. The number of fused-ring (bicyclic) bond motifs is 1. The zero-order valence-electron chi connectivity index (χ0n) is 16.5. The molecule has 5 nitrogen and oxygen atoms in total. The summed E-state index contributed by atoms with van der Waals surface area (Å²) in [6.07, 6.45) is 0. The van der Waals surface area contributed by atoms with Crippen LogP contribution in [0.1, 0.15) is 18.5 Å². The molecule has 0 saturated heterocycles. The summed E-state index contributed by atoms with van der Waals surface area (Å²) in [7, 11) is 0. The first-order valence-corrected chi connectivity index (χ1v) is 9.89. The molecule has 5 rings (SSSR count). The fourth-order valence-corrected chi connectivity index (χ4v) is 3.37. The number of oxazole rings is 1. The lowest BCUT2D eigenvalue weighted by Gasteiger charge is -2.15. The van der Waals surface area contributed by atoms with Crippen LogP contribution in [0, 0.1) is 0 Å². The summed E-state index contributed by atoms with van der Waals surface area (Å²) in [5, 5.41) is 3.49. The predicted octanol–water partition coefficient (Wildman–Crippen LogP) is 6.12. The average molecular weight is 392 g/mol. The monoisotopic (exact) mass is 392 g/mol. The molecule has 0 aliphatic heterocycles. The van der Waals surface area contributed by atoms with Gasteiger partial charge in [-0.15, -0.1) is 0 Å². The third-order valence-electron chi connectivity index (χ3n) is 4.96. The van der Waals surface area contributed by atoms with Gasteiger partial charge < -0.3 is 9.73 Å². The number of benzene rings is 3. The molecule has 0 spiro atoms. The number of nitrogens with one attached hydrogen (secondary N) is 1. The van der Waals surface area contributed by atoms with Gasteiger partial charge in [-0.1, -0.05) is 78.9 Å². The molecule has 0 saturated carbocycles. The Bertz CT molecular complexity index is 1270. The van der Waals surface area contributed by atoms with E-state index in [0.29, 0.717) is 28.8 Å². The van der Waals surface area contributed by atoms with Crippen molar-refractivity contribution in [2.75, 3.05) is 5.32 Å². The maximum Gasteiger partial charge on any atom is 0.229 e. The van der Waals surface area contributed by atoms with Crippen LogP contribution in [-0.2, 0) is 0 Å². The predicted molar refractivity (Wildman–Crippen MR) is 119 cm³/mol. The molecule has 5 heteroatoms. The Hall–Kier alpha value is -3.99. The van der Waals surface area contributed by atoms with Gasteiger partial charge in [0.25, 0.3) is 0 Å². The molecule has 1 N–H and O–H groups in total. The molecule has 5 aromatic rings. The van der Waals surface area contributed by atoms with Gasteiger partial charge in [-0.05, 0) is 24.6 Å². The Morgan fingerprint density at radius 3 is 1.97 bits per heavy atom. The first-order chi connectivity index (χ1) is 14.8. The fraction of sp³-hybridized carbons (Fsp3) is 0.0800. The second kappa shape index (κ2) is 7.79. The molecule has 0 fully saturated rings. The number of hydrogen-bond donors (Lipinski definition) is 1. The van der Waals surface area contributed by atoms with E-state index in [1.807, 2.05) is 78.9 Å². The highest BCUT2D eigenvalue weighted by Crippen LogP contribution is 2.31. The first kappa shape index (κ1) is 18.1. The van der Waals surface area contributed by atoms with Crippen LogP contribution >= 0.6 is 0 Å². The van der Waals surface area contributed by atoms with Crippen LogP contribution in [0.5, 0.6) is 0 Å². The minimum Gasteiger partial charge on any atom is -0.430 e. The quantitative estimate of drug-likeness (QED) is 0.390. The SMILES string of the molecule is C[C@H](Nc1nc(-c2ccccc2)nc2nc(-c3ccccc3)oc12)c1ccccc1. The minimum atomic E-state index is 0.0400. The maximum absolute atomic E-state index is 6.11. The number of anilines is 1. The lowest BCUT2D eigenvalue weighted by atomic mass is 10.1. The van der Waals surface area contributed by atoms with Crippen LogP contribution in [-0.4, -0.2) is 15.0 Å². The van der Waals surface area contributed by atoms with Gasteiger partial charge >= 0.3 is 0 Å². The van der Waals surface area contributed by atoms with E-state index in [2.05, 4.69) is 34.3 Å². The van der Waals surface area contributed by atoms with Crippen LogP contribution < -0.4 is 5.32 Å². The highest BCUT2D eigenvalue weighted by atomic mass is 16.3. The van der Waals surface area contributed by atoms with Crippen LogP contribution in [0.15, 0.2) is 95.4 Å². The van der Waals surface area contributed by atoms with Crippen molar-refractivity contribution in [3.8, 4) is 22.8 Å². The Morgan fingerprint density at radius 1 is 0.700 bits per heavy atom. The summed E-state index contributed by atoms with van der Waals surface area (Å²) >= 11 is 0. The fourth-order valence-electron chi connectivity index (χ4n) is 3.37. The number of rotatable bonds is 5. The number of nitrogens with zero attached hydrogens (tertiary/aromatic N) is 3. The van der Waals surface area contributed by atoms with Crippen molar-refractivity contribution in [1.82, 2.24) is 15.0 Å². The normalized spacial score (nSPS) is 12.0. The Morgan fingerprint density at radius 2 is 1.30 bits per heavy atom. The van der Waals surface area contributed by atoms with Crippen molar-refractivity contribution in [2.24, 2.45) is 0 Å². The lowest BCUT2D eigenvalue weighted by Crippen LogP contribution is -2.09. The van der Waals surface area contributed by atoms with Gasteiger partial charge in [0, 0.05) is 11.1 Å². The highest BCUT2D eigenvalue weighted by Gasteiger charge is 2.18. The molecular weight excluding hydrogens is 372 g/mol. The number of aromatic nitrogens is 3. The Kier molecular flexibility index (Phi) is 4.69. The van der Waals surface area contributed by atoms with E-state index in [1.165, 1.54) is 0 Å². The van der Waals surface area contributed by atoms with Gasteiger partial charge in [-0.3, -0.25) is 0 Å². The van der Waals surface area contributed by atoms with Crippen molar-refractivity contribution in [1.29, 1.82) is 0 Å². The van der Waals surface area contributed by atoms with Gasteiger partial charge in [0.1, 0.15) is 0 Å². The van der Waals surface area contributed by atoms with E-state index in [1.54, 1.807) is 0 Å². The van der Waals surface area contributed by atoms with Crippen molar-refractivity contribution in [2.45, 2.75) is 13.0 Å². The van der Waals surface area contributed by atoms with Crippen LogP contribution in [0.2, 0.25) is 0 Å². The third-order valence-corrected chi connectivity index (χ3v) is 4.96. The van der Waals surface area contributed by atoms with Crippen LogP contribution in [0.25, 0.3) is 34.1 Å². The van der Waals surface area contributed by atoms with E-state index in [-0.39, 0.29) is 6.04 Å². The summed E-state index contributed by atoms with van der Waals surface area (Å²) in [4.78, 5) is 14.1. The highest BCUT2D eigenvalue weighted by molar-refractivity contribution is 5.85. The summed E-state index contributed by atoms with van der Waals surface area (Å²) in [6, 6.07) is 30.0. The second-order valence-electron chi connectivity index (χ2n) is 7.08. The molecule has 0 unspecified atom stereocenters. The van der Waals surface area contributed by atoms with Crippen molar-refractivity contribution in [3.05, 3.63) is 96.6 Å². The lowest BCUT2D eigenvalue weighted by molar-refractivity contribution is 0.618. The van der Waals surface area contributed by atoms with E-state index < -0.39 is 0 Å². The minimum absolute atomic E-state index is 0.0400. The molecule has 0 amide bonds. The smallest absolute Gasteiger partial charge is 0.229 e. The van der Waals surface area contributed by atoms with E-state index in [4.69, 9.17) is 9.40 Å². The molecule has 146 valence electrons. The van der Waals surface area contributed by atoms with Crippen molar-refractivity contribution < 1.29 is 4.42 Å². The van der Waals surface area contributed by atoms with E-state index in [0.717, 1.165) is 16.7 Å². The molecule has 0 bridgehead atoms. The van der Waals surface area contributed by atoms with Gasteiger partial charge in [-0.25, -0.2) is 9.97 Å². The van der Waals surface area contributed by atoms with E-state index in [9.17, 15) is 0 Å². The standard InChI is InChI=1S/C25H20N4O/c1-17(18-11-5-2-6-12-18)26-23-21-24(28-22(27-23)19-13-7-3-8-14-19)29-25(30-21)20-15-9-4-10-16-20/h2-17H,1H3,(H,26,27,28)/t17-/m0/s1. The summed E-state index contributed by atoms with van der Waals surface area (Å²) in [5.74, 6) is 1.77. The van der Waals surface area contributed by atoms with Gasteiger partial charge in [0.15, 0.2) is 11.6 Å². The molecule has 1 atom stereocenters. The topological polar surface area (TPSA) is 63.8 Å². The second-order valence-corrected chi connectivity index (χ2v) is 7.08. The molecule has 0 radical (unpaired) electrons. The molecular formula is C25H20N4O. The van der Waals surface area contributed by atoms with Crippen molar-refractivity contribution >= 4 is 17.0 Å². The molecule has 0 aliphatic carbocycles. The summed E-state index contributed by atoms with van der Waals surface area (Å²) in [6.45, 7) is 2.10. The van der Waals surface area contributed by atoms with Crippen LogP contribution in [0.3, 0.4) is 0 Å². The zero-order chi connectivity index (χ0) is 20.3. The van der Waals surface area contributed by atoms with E-state index >= 15 is 0 Å². The van der Waals surface area contributed by atoms with Gasteiger partial charge in [-0.2, -0.15) is 4.98 Å². The molecule has 2 heterocycles.